The number of Topliss-reactive ketones (excluding diaryl/α,β-unsaturated/α-hetero) is 1. The third-order valence-corrected chi connectivity index (χ3v) is 2.73. The minimum atomic E-state index is -0.216. The number of benzene rings is 1. The minimum absolute atomic E-state index is 0.0269. The van der Waals surface area contributed by atoms with Gasteiger partial charge in [0.15, 0.2) is 10.9 Å². The molecule has 1 aliphatic heterocycles. The zero-order valence-corrected chi connectivity index (χ0v) is 10.6. The Labute approximate surface area is 110 Å². The van der Waals surface area contributed by atoms with Crippen LogP contribution in [0.25, 0.3) is 0 Å². The van der Waals surface area contributed by atoms with Crippen molar-refractivity contribution in [3.8, 4) is 5.75 Å². The van der Waals surface area contributed by atoms with Gasteiger partial charge in [-0.2, -0.15) is 0 Å². The van der Waals surface area contributed by atoms with E-state index in [4.69, 9.17) is 17.0 Å². The van der Waals surface area contributed by atoms with Crippen LogP contribution in [0.3, 0.4) is 0 Å². The standard InChI is InChI=1S/C11H14N4O2S/c1-17-8-4-2-7(3-5-8)9(16)6-10-12-14-11(18)15-13-10/h2-5,10,12-13H,6H2,1H3,(H2,14,15,18). The van der Waals surface area contributed by atoms with E-state index in [1.807, 2.05) is 0 Å². The molecule has 1 saturated heterocycles. The summed E-state index contributed by atoms with van der Waals surface area (Å²) in [7, 11) is 1.59. The molecule has 0 amide bonds. The molecule has 96 valence electrons. The smallest absolute Gasteiger partial charge is 0.195 e. The SMILES string of the molecule is COc1ccc(C(=O)CC2NNC(=S)NN2)cc1. The molecule has 0 atom stereocenters. The number of rotatable bonds is 4. The molecule has 0 unspecified atom stereocenters. The van der Waals surface area contributed by atoms with Crippen molar-refractivity contribution in [2.45, 2.75) is 12.6 Å². The molecular formula is C11H14N4O2S. The molecule has 0 saturated carbocycles. The van der Waals surface area contributed by atoms with Gasteiger partial charge in [0.2, 0.25) is 0 Å². The number of hydrogen-bond donors (Lipinski definition) is 4. The first-order chi connectivity index (χ1) is 8.69. The Balaban J connectivity index is 1.92. The zero-order chi connectivity index (χ0) is 13.0. The number of thiocarbonyl (C=S) groups is 1. The number of carbonyl (C=O) groups excluding carboxylic acids is 1. The fraction of sp³-hybridized carbons (Fsp3) is 0.273. The van der Waals surface area contributed by atoms with Gasteiger partial charge in [0.25, 0.3) is 0 Å². The number of methoxy groups -OCH3 is 1. The lowest BCUT2D eigenvalue weighted by atomic mass is 10.1. The second-order valence-electron chi connectivity index (χ2n) is 3.78. The van der Waals surface area contributed by atoms with Crippen molar-refractivity contribution in [1.29, 1.82) is 0 Å². The van der Waals surface area contributed by atoms with E-state index in [1.54, 1.807) is 31.4 Å². The van der Waals surface area contributed by atoms with Gasteiger partial charge < -0.3 is 4.74 Å². The maximum atomic E-state index is 12.0. The first-order valence-corrected chi connectivity index (χ1v) is 5.84. The Bertz CT molecular complexity index is 439. The summed E-state index contributed by atoms with van der Waals surface area (Å²) in [4.78, 5) is 12.0. The van der Waals surface area contributed by atoms with Crippen LogP contribution in [0.4, 0.5) is 0 Å². The molecule has 0 aromatic heterocycles. The highest BCUT2D eigenvalue weighted by Gasteiger charge is 2.18. The van der Waals surface area contributed by atoms with Crippen LogP contribution in [0, 0.1) is 0 Å². The van der Waals surface area contributed by atoms with E-state index < -0.39 is 0 Å². The number of ether oxygens (including phenoxy) is 1. The van der Waals surface area contributed by atoms with Gasteiger partial charge in [-0.15, -0.1) is 0 Å². The number of ketones is 1. The normalized spacial score (nSPS) is 15.7. The number of hydrazine groups is 2. The molecule has 2 rings (SSSR count). The Morgan fingerprint density at radius 1 is 1.28 bits per heavy atom. The van der Waals surface area contributed by atoms with Gasteiger partial charge in [-0.3, -0.25) is 15.6 Å². The summed E-state index contributed by atoms with van der Waals surface area (Å²) in [6.45, 7) is 0. The summed E-state index contributed by atoms with van der Waals surface area (Å²) in [6.07, 6.45) is 0.0842. The van der Waals surface area contributed by atoms with E-state index in [2.05, 4.69) is 21.7 Å². The monoisotopic (exact) mass is 266 g/mol. The first-order valence-electron chi connectivity index (χ1n) is 5.43. The van der Waals surface area contributed by atoms with Crippen LogP contribution < -0.4 is 26.4 Å². The molecule has 7 heteroatoms. The molecule has 6 nitrogen and oxygen atoms in total. The molecule has 18 heavy (non-hydrogen) atoms. The van der Waals surface area contributed by atoms with E-state index >= 15 is 0 Å². The fourth-order valence-corrected chi connectivity index (χ4v) is 1.67. The first kappa shape index (κ1) is 12.7. The number of carbonyl (C=O) groups is 1. The molecule has 0 aliphatic carbocycles. The zero-order valence-electron chi connectivity index (χ0n) is 9.82. The molecular weight excluding hydrogens is 252 g/mol. The summed E-state index contributed by atoms with van der Waals surface area (Å²) >= 11 is 4.85. The van der Waals surface area contributed by atoms with Crippen molar-refractivity contribution in [1.82, 2.24) is 21.7 Å². The minimum Gasteiger partial charge on any atom is -0.497 e. The highest BCUT2D eigenvalue weighted by molar-refractivity contribution is 7.80. The third-order valence-electron chi connectivity index (χ3n) is 2.52. The van der Waals surface area contributed by atoms with E-state index in [0.717, 1.165) is 5.75 Å². The maximum absolute atomic E-state index is 12.0. The van der Waals surface area contributed by atoms with Gasteiger partial charge in [0, 0.05) is 12.0 Å². The Hall–Kier alpha value is -1.70. The van der Waals surface area contributed by atoms with E-state index in [1.165, 1.54) is 0 Å². The van der Waals surface area contributed by atoms with Crippen molar-refractivity contribution >= 4 is 23.1 Å². The van der Waals surface area contributed by atoms with E-state index in [0.29, 0.717) is 17.1 Å². The average molecular weight is 266 g/mol. The predicted molar refractivity (Wildman–Crippen MR) is 70.9 cm³/mol. The summed E-state index contributed by atoms with van der Waals surface area (Å²) in [6, 6.07) is 7.02. The second kappa shape index (κ2) is 5.76. The van der Waals surface area contributed by atoms with E-state index in [9.17, 15) is 4.79 Å². The van der Waals surface area contributed by atoms with Crippen LogP contribution in [0.15, 0.2) is 24.3 Å². The molecule has 1 aromatic carbocycles. The third kappa shape index (κ3) is 3.16. The Morgan fingerprint density at radius 2 is 1.89 bits per heavy atom. The van der Waals surface area contributed by atoms with Crippen molar-refractivity contribution < 1.29 is 9.53 Å². The molecule has 0 bridgehead atoms. The van der Waals surface area contributed by atoms with Crippen LogP contribution in [0.5, 0.6) is 5.75 Å². The van der Waals surface area contributed by atoms with Crippen molar-refractivity contribution in [2.75, 3.05) is 7.11 Å². The van der Waals surface area contributed by atoms with Crippen molar-refractivity contribution in [2.24, 2.45) is 0 Å². The number of nitrogens with one attached hydrogen (secondary N) is 4. The lowest BCUT2D eigenvalue weighted by Crippen LogP contribution is -2.66. The lowest BCUT2D eigenvalue weighted by Gasteiger charge is -2.27. The van der Waals surface area contributed by atoms with Gasteiger partial charge in [-0.25, -0.2) is 10.9 Å². The summed E-state index contributed by atoms with van der Waals surface area (Å²) in [5, 5.41) is 0.447. The number of hydrogen-bond acceptors (Lipinski definition) is 5. The molecule has 0 radical (unpaired) electrons. The van der Waals surface area contributed by atoms with Crippen molar-refractivity contribution in [3.63, 3.8) is 0 Å². The van der Waals surface area contributed by atoms with Gasteiger partial charge in [-0.05, 0) is 36.5 Å². The average Bonchev–Trinajstić information content (AvgIpc) is 2.41. The second-order valence-corrected chi connectivity index (χ2v) is 4.18. The van der Waals surface area contributed by atoms with Crippen LogP contribution in [-0.4, -0.2) is 24.2 Å². The summed E-state index contributed by atoms with van der Waals surface area (Å²) in [5.74, 6) is 0.758. The van der Waals surface area contributed by atoms with Crippen LogP contribution >= 0.6 is 12.2 Å². The summed E-state index contributed by atoms with van der Waals surface area (Å²) in [5.41, 5.74) is 11.9. The molecule has 1 fully saturated rings. The quantitative estimate of drug-likeness (QED) is 0.454. The van der Waals surface area contributed by atoms with E-state index in [-0.39, 0.29) is 11.9 Å². The highest BCUT2D eigenvalue weighted by atomic mass is 32.1. The van der Waals surface area contributed by atoms with Crippen LogP contribution in [0.2, 0.25) is 0 Å². The Morgan fingerprint density at radius 3 is 2.44 bits per heavy atom. The predicted octanol–water partition coefficient (Wildman–Crippen LogP) is 0.0810. The molecule has 1 aliphatic rings. The maximum Gasteiger partial charge on any atom is 0.195 e. The topological polar surface area (TPSA) is 74.4 Å². The lowest BCUT2D eigenvalue weighted by molar-refractivity contribution is 0.0955. The van der Waals surface area contributed by atoms with Gasteiger partial charge in [0.1, 0.15) is 5.75 Å². The molecule has 1 aromatic rings. The Kier molecular flexibility index (Phi) is 4.08. The van der Waals surface area contributed by atoms with Gasteiger partial charge in [0.05, 0.1) is 13.3 Å². The highest BCUT2D eigenvalue weighted by Crippen LogP contribution is 2.13. The molecule has 0 spiro atoms. The largest absolute Gasteiger partial charge is 0.497 e. The van der Waals surface area contributed by atoms with Crippen molar-refractivity contribution in [3.05, 3.63) is 29.8 Å². The fourth-order valence-electron chi connectivity index (χ4n) is 1.55. The molecule has 1 heterocycles. The van der Waals surface area contributed by atoms with Crippen LogP contribution in [0.1, 0.15) is 16.8 Å². The molecule has 4 N–H and O–H groups in total. The summed E-state index contributed by atoms with van der Waals surface area (Å²) < 4.78 is 5.04. The van der Waals surface area contributed by atoms with Gasteiger partial charge in [-0.1, -0.05) is 0 Å². The van der Waals surface area contributed by atoms with Gasteiger partial charge >= 0.3 is 0 Å². The van der Waals surface area contributed by atoms with Crippen LogP contribution in [-0.2, 0) is 0 Å².